The van der Waals surface area contributed by atoms with Gasteiger partial charge in [-0.05, 0) is 48.4 Å². The minimum atomic E-state index is 0. The molecule has 0 spiro atoms. The summed E-state index contributed by atoms with van der Waals surface area (Å²) in [6, 6.07) is 79.8. The van der Waals surface area contributed by atoms with E-state index >= 15 is 0 Å². The number of hydrogen-bond donors (Lipinski definition) is 0. The van der Waals surface area contributed by atoms with Crippen molar-refractivity contribution < 1.29 is 77.2 Å². The first kappa shape index (κ1) is 51.2. The zero-order valence-electron chi connectivity index (χ0n) is 35.8. The van der Waals surface area contributed by atoms with E-state index in [0.717, 1.165) is 30.0 Å². The smallest absolute Gasteiger partial charge is 1.00 e. The molecule has 312 valence electrons. The van der Waals surface area contributed by atoms with Crippen molar-refractivity contribution in [2.45, 2.75) is 26.7 Å². The van der Waals surface area contributed by atoms with Gasteiger partial charge < -0.3 is 24.8 Å². The van der Waals surface area contributed by atoms with E-state index in [-0.39, 0.29) is 77.2 Å². The molecule has 10 aromatic rings. The second-order valence-electron chi connectivity index (χ2n) is 15.4. The summed E-state index contributed by atoms with van der Waals surface area (Å²) in [6.07, 6.45) is 2.10. The van der Waals surface area contributed by atoms with E-state index in [1.165, 1.54) is 98.4 Å². The third-order valence-corrected chi connectivity index (χ3v) is 14.1. The van der Waals surface area contributed by atoms with Crippen LogP contribution < -0.4 is 46.0 Å². The van der Waals surface area contributed by atoms with E-state index in [2.05, 4.69) is 220 Å². The summed E-state index contributed by atoms with van der Waals surface area (Å²) in [5.74, 6) is 0. The van der Waals surface area contributed by atoms with Crippen LogP contribution in [0.4, 0.5) is 0 Å². The molecule has 0 N–H and O–H groups in total. The summed E-state index contributed by atoms with van der Waals surface area (Å²) >= 11 is 0. The molecule has 0 heterocycles. The molecule has 2 aliphatic rings. The molecule has 12 rings (SSSR count). The monoisotopic (exact) mass is 1050 g/mol. The molecule has 0 nitrogen and oxygen atoms in total. The maximum atomic E-state index is 3.30. The van der Waals surface area contributed by atoms with Crippen LogP contribution in [0.3, 0.4) is 0 Å². The Balaban J connectivity index is 0.000000158. The molecule has 0 aromatic heterocycles. The Labute approximate surface area is 433 Å². The van der Waals surface area contributed by atoms with E-state index in [4.69, 9.17) is 0 Å². The molecule has 2 aliphatic carbocycles. The molecule has 0 saturated carbocycles. The Hall–Kier alpha value is -3.81. The largest absolute Gasteiger partial charge is 2.00 e. The predicted molar refractivity (Wildman–Crippen MR) is 264 cm³/mol. The van der Waals surface area contributed by atoms with Gasteiger partial charge in [0.2, 0.25) is 0 Å². The molecule has 2 atom stereocenters. The number of benzene rings is 8. The summed E-state index contributed by atoms with van der Waals surface area (Å²) in [5, 5.41) is 11.2. The number of halogens is 2. The Morgan fingerprint density at radius 1 is 0.406 bits per heavy atom. The van der Waals surface area contributed by atoms with Gasteiger partial charge in [0.05, 0.1) is 0 Å². The first-order chi connectivity index (χ1) is 29.6. The standard InChI is InChI=1S/2C16H14P.2C13H9.2ClH.2Zr/c2*1-12-6-2-5-9-16(12)17-15-10-13-7-3-4-8-14(13)11-15;2*1-3-7-12-10(5-1)9-11-6-2-4-8-13(11)12;;;;/h2*2-11,17H,1H3;2*1-5,7-8H,9H2;2*1H;;/q4*-1;;;2*+2/p-2. The molecule has 0 amide bonds. The number of rotatable bonds is 4. The summed E-state index contributed by atoms with van der Waals surface area (Å²) in [5.41, 5.74) is 13.8. The molecular formula is C58H46Cl2P2Zr2-2. The number of hydrogen-bond acceptors (Lipinski definition) is 0. The first-order valence-electron chi connectivity index (χ1n) is 20.7. The molecule has 0 bridgehead atoms. The third kappa shape index (κ3) is 12.3. The van der Waals surface area contributed by atoms with Crippen molar-refractivity contribution in [3.8, 4) is 22.3 Å². The van der Waals surface area contributed by atoms with Crippen LogP contribution in [-0.4, -0.2) is 0 Å². The maximum absolute atomic E-state index is 3.30. The fraction of sp³-hybridized carbons (Fsp3) is 0.0690. The van der Waals surface area contributed by atoms with Crippen molar-refractivity contribution >= 4 is 59.9 Å². The van der Waals surface area contributed by atoms with Crippen LogP contribution in [0, 0.1) is 26.0 Å². The number of fused-ring (bicyclic) bond motifs is 8. The van der Waals surface area contributed by atoms with Gasteiger partial charge in [0.1, 0.15) is 0 Å². The van der Waals surface area contributed by atoms with Crippen LogP contribution in [0.5, 0.6) is 0 Å². The van der Waals surface area contributed by atoms with Crippen molar-refractivity contribution in [2.75, 3.05) is 0 Å². The van der Waals surface area contributed by atoms with Gasteiger partial charge in [-0.15, -0.1) is 91.8 Å². The zero-order valence-corrected chi connectivity index (χ0v) is 44.2. The summed E-state index contributed by atoms with van der Waals surface area (Å²) in [4.78, 5) is 0. The quantitative estimate of drug-likeness (QED) is 0.130. The normalized spacial score (nSPS) is 11.2. The van der Waals surface area contributed by atoms with Gasteiger partial charge in [0.25, 0.3) is 0 Å². The van der Waals surface area contributed by atoms with Gasteiger partial charge in [-0.1, -0.05) is 149 Å². The zero-order chi connectivity index (χ0) is 40.7. The van der Waals surface area contributed by atoms with E-state index in [1.54, 1.807) is 0 Å². The summed E-state index contributed by atoms with van der Waals surface area (Å²) in [7, 11) is 1.52. The van der Waals surface area contributed by atoms with Crippen molar-refractivity contribution in [3.05, 3.63) is 252 Å². The van der Waals surface area contributed by atoms with Gasteiger partial charge in [0.15, 0.2) is 0 Å². The Bertz CT molecular complexity index is 2700. The van der Waals surface area contributed by atoms with Crippen LogP contribution in [0.15, 0.2) is 206 Å². The first-order valence-corrected chi connectivity index (χ1v) is 22.7. The minimum Gasteiger partial charge on any atom is -1.00 e. The molecule has 2 unspecified atom stereocenters. The molecule has 0 fully saturated rings. The van der Waals surface area contributed by atoms with E-state index in [9.17, 15) is 0 Å². The van der Waals surface area contributed by atoms with Gasteiger partial charge in [0, 0.05) is 0 Å². The van der Waals surface area contributed by atoms with Gasteiger partial charge in [-0.25, -0.2) is 0 Å². The van der Waals surface area contributed by atoms with E-state index < -0.39 is 0 Å². The molecule has 0 radical (unpaired) electrons. The number of aryl methyl sites for hydroxylation is 2. The van der Waals surface area contributed by atoms with Crippen molar-refractivity contribution in [2.24, 2.45) is 0 Å². The van der Waals surface area contributed by atoms with Crippen LogP contribution >= 0.6 is 17.2 Å². The third-order valence-electron chi connectivity index (χ3n) is 11.3. The van der Waals surface area contributed by atoms with Crippen LogP contribution in [0.25, 0.3) is 43.8 Å². The molecule has 0 aliphatic heterocycles. The van der Waals surface area contributed by atoms with Gasteiger partial charge in [-0.3, -0.25) is 0 Å². The fourth-order valence-corrected chi connectivity index (χ4v) is 10.6. The van der Waals surface area contributed by atoms with Crippen LogP contribution in [0.1, 0.15) is 33.4 Å². The summed E-state index contributed by atoms with van der Waals surface area (Å²) in [6.45, 7) is 4.37. The Morgan fingerprint density at radius 2 is 0.766 bits per heavy atom. The van der Waals surface area contributed by atoms with Crippen molar-refractivity contribution in [1.29, 1.82) is 0 Å². The van der Waals surface area contributed by atoms with Gasteiger partial charge in [-0.2, -0.15) is 71.8 Å². The van der Waals surface area contributed by atoms with Crippen molar-refractivity contribution in [3.63, 3.8) is 0 Å². The molecule has 6 heteroatoms. The second-order valence-corrected chi connectivity index (χ2v) is 18.2. The fourth-order valence-electron chi connectivity index (χ4n) is 8.18. The SMILES string of the molecule is Cc1ccccc1Pc1cc2ccccc2[cH-]1.Cc1ccccc1Pc1cc2ccccc2[cH-]1.[Cl-].[Cl-].[Zr+2].[Zr+2].[c-]1cccc2c1Cc1ccccc1-2.[c-]1cccc2c1Cc1ccccc1-2. The van der Waals surface area contributed by atoms with Crippen LogP contribution in [0.2, 0.25) is 0 Å². The van der Waals surface area contributed by atoms with Crippen molar-refractivity contribution in [1.82, 2.24) is 0 Å². The van der Waals surface area contributed by atoms with Crippen LogP contribution in [-0.2, 0) is 65.2 Å². The maximum Gasteiger partial charge on any atom is 2.00 e. The molecule has 64 heavy (non-hydrogen) atoms. The van der Waals surface area contributed by atoms with E-state index in [0.29, 0.717) is 0 Å². The average molecular weight is 1060 g/mol. The summed E-state index contributed by atoms with van der Waals surface area (Å²) < 4.78 is 0. The predicted octanol–water partition coefficient (Wildman–Crippen LogP) is 7.11. The molecule has 0 saturated heterocycles. The molecule has 10 aromatic carbocycles. The topological polar surface area (TPSA) is 0 Å². The minimum absolute atomic E-state index is 0. The Morgan fingerprint density at radius 3 is 1.19 bits per heavy atom. The molecular weight excluding hydrogens is 1010 g/mol. The Kier molecular flexibility index (Phi) is 19.7. The van der Waals surface area contributed by atoms with E-state index in [1.807, 2.05) is 12.1 Å². The van der Waals surface area contributed by atoms with Gasteiger partial charge >= 0.3 is 52.4 Å². The average Bonchev–Trinajstić information content (AvgIpc) is 4.08. The second kappa shape index (κ2) is 24.6.